The molecule has 0 saturated heterocycles. The second-order valence-corrected chi connectivity index (χ2v) is 3.32. The summed E-state index contributed by atoms with van der Waals surface area (Å²) in [6.45, 7) is 2.25. The van der Waals surface area contributed by atoms with Crippen LogP contribution >= 0.6 is 0 Å². The van der Waals surface area contributed by atoms with E-state index in [0.29, 0.717) is 17.9 Å². The van der Waals surface area contributed by atoms with Crippen LogP contribution in [0.1, 0.15) is 6.92 Å². The van der Waals surface area contributed by atoms with Crippen molar-refractivity contribution in [1.82, 2.24) is 0 Å². The molecular weight excluding hydrogens is 204 g/mol. The summed E-state index contributed by atoms with van der Waals surface area (Å²) in [4.78, 5) is 0. The molecule has 0 radical (unpaired) electrons. The Kier molecular flexibility index (Phi) is 3.87. The van der Waals surface area contributed by atoms with Gasteiger partial charge in [-0.05, 0) is 25.1 Å². The van der Waals surface area contributed by atoms with Crippen molar-refractivity contribution in [2.45, 2.75) is 6.92 Å². The Labute approximate surface area is 84.7 Å². The van der Waals surface area contributed by atoms with E-state index in [9.17, 15) is 9.42 Å². The first-order valence-electron chi connectivity index (χ1n) is 4.07. The summed E-state index contributed by atoms with van der Waals surface area (Å²) in [6, 6.07) is 6.61. The van der Waals surface area contributed by atoms with Gasteiger partial charge in [-0.25, -0.2) is 4.21 Å². The molecule has 0 fully saturated rings. The molecule has 1 atom stereocenters. The SMILES string of the molecule is CCN(O)c1cccc(NS(=O)O)c1. The Bertz CT molecular complexity index is 332. The van der Waals surface area contributed by atoms with E-state index in [1.807, 2.05) is 0 Å². The summed E-state index contributed by atoms with van der Waals surface area (Å²) in [5.74, 6) is 0. The highest BCUT2D eigenvalue weighted by atomic mass is 32.2. The standard InChI is InChI=1S/C8H12N2O3S/c1-2-10(11)8-5-3-4-7(6-8)9-14(12)13/h3-6,9,11H,2H2,1H3,(H,12,13). The largest absolute Gasteiger partial charge is 0.289 e. The highest BCUT2D eigenvalue weighted by molar-refractivity contribution is 7.80. The summed E-state index contributed by atoms with van der Waals surface area (Å²) >= 11 is -2.09. The summed E-state index contributed by atoms with van der Waals surface area (Å²) in [5.41, 5.74) is 1.05. The van der Waals surface area contributed by atoms with E-state index >= 15 is 0 Å². The zero-order valence-electron chi connectivity index (χ0n) is 7.67. The summed E-state index contributed by atoms with van der Waals surface area (Å²) in [5, 5.41) is 10.4. The van der Waals surface area contributed by atoms with Crippen LogP contribution in [-0.2, 0) is 11.3 Å². The molecule has 1 rings (SSSR count). The van der Waals surface area contributed by atoms with E-state index in [1.165, 1.54) is 0 Å². The monoisotopic (exact) mass is 216 g/mol. The average Bonchev–Trinajstić information content (AvgIpc) is 2.16. The molecule has 6 heteroatoms. The van der Waals surface area contributed by atoms with E-state index < -0.39 is 11.3 Å². The third-order valence-corrected chi connectivity index (χ3v) is 2.06. The fraction of sp³-hybridized carbons (Fsp3) is 0.250. The molecule has 0 saturated carbocycles. The predicted molar refractivity (Wildman–Crippen MR) is 55.6 cm³/mol. The number of nitrogens with zero attached hydrogens (tertiary/aromatic N) is 1. The second kappa shape index (κ2) is 4.94. The molecule has 0 heterocycles. The van der Waals surface area contributed by atoms with Crippen molar-refractivity contribution in [3.05, 3.63) is 24.3 Å². The number of anilines is 2. The minimum Gasteiger partial charge on any atom is -0.289 e. The predicted octanol–water partition coefficient (Wildman–Crippen LogP) is 1.45. The lowest BCUT2D eigenvalue weighted by Gasteiger charge is -2.14. The van der Waals surface area contributed by atoms with Crippen molar-refractivity contribution in [2.75, 3.05) is 16.3 Å². The van der Waals surface area contributed by atoms with Crippen molar-refractivity contribution in [1.29, 1.82) is 0 Å². The minimum atomic E-state index is -2.09. The molecule has 0 aliphatic heterocycles. The van der Waals surface area contributed by atoms with Crippen LogP contribution in [-0.4, -0.2) is 20.5 Å². The van der Waals surface area contributed by atoms with Gasteiger partial charge < -0.3 is 0 Å². The number of hydrogen-bond donors (Lipinski definition) is 3. The molecule has 0 bridgehead atoms. The fourth-order valence-corrected chi connectivity index (χ4v) is 1.34. The van der Waals surface area contributed by atoms with Crippen molar-refractivity contribution in [3.8, 4) is 0 Å². The van der Waals surface area contributed by atoms with Crippen LogP contribution in [0.3, 0.4) is 0 Å². The van der Waals surface area contributed by atoms with Crippen molar-refractivity contribution in [2.24, 2.45) is 0 Å². The fourth-order valence-electron chi connectivity index (χ4n) is 1.01. The summed E-state index contributed by atoms with van der Waals surface area (Å²) in [6.07, 6.45) is 0. The highest BCUT2D eigenvalue weighted by Crippen LogP contribution is 2.17. The molecule has 14 heavy (non-hydrogen) atoms. The van der Waals surface area contributed by atoms with E-state index in [2.05, 4.69) is 4.72 Å². The number of nitrogens with one attached hydrogen (secondary N) is 1. The third kappa shape index (κ3) is 2.99. The number of hydrogen-bond acceptors (Lipinski definition) is 3. The first-order valence-corrected chi connectivity index (χ1v) is 5.18. The van der Waals surface area contributed by atoms with E-state index in [1.54, 1.807) is 31.2 Å². The second-order valence-electron chi connectivity index (χ2n) is 2.62. The maximum atomic E-state index is 10.4. The molecular formula is C8H12N2O3S. The molecule has 78 valence electrons. The van der Waals surface area contributed by atoms with Crippen LogP contribution in [0.4, 0.5) is 11.4 Å². The van der Waals surface area contributed by atoms with Crippen LogP contribution in [0.2, 0.25) is 0 Å². The molecule has 1 unspecified atom stereocenters. The van der Waals surface area contributed by atoms with Gasteiger partial charge in [0.2, 0.25) is 0 Å². The maximum Gasteiger partial charge on any atom is 0.259 e. The number of hydroxylamine groups is 1. The highest BCUT2D eigenvalue weighted by Gasteiger charge is 2.01. The Hall–Kier alpha value is -1.11. The molecule has 0 amide bonds. The third-order valence-electron chi connectivity index (χ3n) is 1.65. The minimum absolute atomic E-state index is 0.450. The molecule has 3 N–H and O–H groups in total. The van der Waals surface area contributed by atoms with Gasteiger partial charge in [-0.2, -0.15) is 0 Å². The number of rotatable bonds is 4. The molecule has 0 aliphatic carbocycles. The smallest absolute Gasteiger partial charge is 0.259 e. The van der Waals surface area contributed by atoms with Gasteiger partial charge >= 0.3 is 0 Å². The molecule has 1 aromatic rings. The Morgan fingerprint density at radius 3 is 2.86 bits per heavy atom. The topological polar surface area (TPSA) is 72.8 Å². The van der Waals surface area contributed by atoms with E-state index in [-0.39, 0.29) is 0 Å². The molecule has 0 aromatic heterocycles. The van der Waals surface area contributed by atoms with E-state index in [0.717, 1.165) is 5.06 Å². The quantitative estimate of drug-likeness (QED) is 0.526. The average molecular weight is 216 g/mol. The molecule has 1 aromatic carbocycles. The lowest BCUT2D eigenvalue weighted by molar-refractivity contribution is 0.260. The summed E-state index contributed by atoms with van der Waals surface area (Å²) < 4.78 is 21.3. The van der Waals surface area contributed by atoms with Gasteiger partial charge in [0.05, 0.1) is 11.4 Å². The van der Waals surface area contributed by atoms with Crippen molar-refractivity contribution >= 4 is 22.6 Å². The van der Waals surface area contributed by atoms with Crippen molar-refractivity contribution in [3.63, 3.8) is 0 Å². The van der Waals surface area contributed by atoms with Crippen LogP contribution in [0.15, 0.2) is 24.3 Å². The Morgan fingerprint density at radius 2 is 2.29 bits per heavy atom. The lowest BCUT2D eigenvalue weighted by Crippen LogP contribution is -2.16. The van der Waals surface area contributed by atoms with Gasteiger partial charge in [-0.15, -0.1) is 0 Å². The molecule has 0 aliphatic rings. The van der Waals surface area contributed by atoms with Gasteiger partial charge in [0.25, 0.3) is 11.3 Å². The van der Waals surface area contributed by atoms with Crippen LogP contribution in [0.5, 0.6) is 0 Å². The zero-order chi connectivity index (χ0) is 10.6. The van der Waals surface area contributed by atoms with Crippen molar-refractivity contribution < 1.29 is 14.0 Å². The Morgan fingerprint density at radius 1 is 1.57 bits per heavy atom. The van der Waals surface area contributed by atoms with Gasteiger partial charge in [-0.3, -0.25) is 19.5 Å². The normalized spacial score (nSPS) is 12.2. The molecule has 5 nitrogen and oxygen atoms in total. The Balaban J connectivity index is 2.83. The van der Waals surface area contributed by atoms with Crippen LogP contribution < -0.4 is 9.79 Å². The van der Waals surface area contributed by atoms with E-state index in [4.69, 9.17) is 4.55 Å². The lowest BCUT2D eigenvalue weighted by atomic mass is 10.3. The first kappa shape index (κ1) is 11.0. The van der Waals surface area contributed by atoms with Gasteiger partial charge in [-0.1, -0.05) is 6.07 Å². The van der Waals surface area contributed by atoms with Crippen LogP contribution in [0, 0.1) is 0 Å². The van der Waals surface area contributed by atoms with Crippen LogP contribution in [0.25, 0.3) is 0 Å². The van der Waals surface area contributed by atoms with Gasteiger partial charge in [0, 0.05) is 6.54 Å². The van der Waals surface area contributed by atoms with Gasteiger partial charge in [0.15, 0.2) is 0 Å². The number of benzene rings is 1. The molecule has 0 spiro atoms. The first-order chi connectivity index (χ1) is 6.63. The van der Waals surface area contributed by atoms with Gasteiger partial charge in [0.1, 0.15) is 0 Å². The maximum absolute atomic E-state index is 10.4. The zero-order valence-corrected chi connectivity index (χ0v) is 8.49. The summed E-state index contributed by atoms with van der Waals surface area (Å²) in [7, 11) is 0.